The van der Waals surface area contributed by atoms with Gasteiger partial charge in [0.1, 0.15) is 5.82 Å². The number of aryl methyl sites for hydroxylation is 1. The van der Waals surface area contributed by atoms with Crippen LogP contribution in [0.3, 0.4) is 0 Å². The zero-order chi connectivity index (χ0) is 23.0. The Balaban J connectivity index is 1.62. The quantitative estimate of drug-likeness (QED) is 0.273. The van der Waals surface area contributed by atoms with Crippen LogP contribution in [0.4, 0.5) is 10.2 Å². The standard InChI is InChI=1S/C21H24FIN6O3/c1-21(2,3)19(30)25-5-4-6-29-15(26-16-17(24)27-20(22)28-18(16)29)8-11-7-13-14(9-12(11)23)32-10-31-13/h7,9H,4-6,8,10H2,1-3H3,(H,25,30)(H2,24,27,28). The van der Waals surface area contributed by atoms with E-state index in [-0.39, 0.29) is 18.5 Å². The number of benzene rings is 1. The Morgan fingerprint density at radius 3 is 2.69 bits per heavy atom. The number of fused-ring (bicyclic) bond motifs is 2. The molecule has 170 valence electrons. The zero-order valence-electron chi connectivity index (χ0n) is 18.0. The first-order valence-electron chi connectivity index (χ1n) is 10.2. The molecule has 4 rings (SSSR count). The molecule has 11 heteroatoms. The number of anilines is 1. The molecular weight excluding hydrogens is 530 g/mol. The van der Waals surface area contributed by atoms with Crippen LogP contribution in [0, 0.1) is 15.1 Å². The second kappa shape index (κ2) is 8.68. The molecule has 0 fully saturated rings. The van der Waals surface area contributed by atoms with E-state index >= 15 is 0 Å². The number of rotatable bonds is 6. The number of nitrogens with two attached hydrogens (primary N) is 1. The normalized spacial score (nSPS) is 13.0. The van der Waals surface area contributed by atoms with Crippen LogP contribution < -0.4 is 20.5 Å². The van der Waals surface area contributed by atoms with Gasteiger partial charge in [-0.25, -0.2) is 4.98 Å². The average Bonchev–Trinajstić information content (AvgIpc) is 3.29. The minimum Gasteiger partial charge on any atom is -0.454 e. The Morgan fingerprint density at radius 2 is 1.97 bits per heavy atom. The number of nitrogens with zero attached hydrogens (tertiary/aromatic N) is 4. The number of halogens is 2. The maximum atomic E-state index is 13.9. The van der Waals surface area contributed by atoms with E-state index in [2.05, 4.69) is 42.9 Å². The van der Waals surface area contributed by atoms with Gasteiger partial charge in [-0.05, 0) is 46.7 Å². The fraction of sp³-hybridized carbons (Fsp3) is 0.429. The summed E-state index contributed by atoms with van der Waals surface area (Å²) in [5.41, 5.74) is 7.13. The van der Waals surface area contributed by atoms with Crippen molar-refractivity contribution < 1.29 is 18.7 Å². The van der Waals surface area contributed by atoms with Crippen molar-refractivity contribution in [1.82, 2.24) is 24.8 Å². The summed E-state index contributed by atoms with van der Waals surface area (Å²) < 4.78 is 27.7. The Labute approximate surface area is 198 Å². The fourth-order valence-electron chi connectivity index (χ4n) is 3.38. The third kappa shape index (κ3) is 4.57. The molecule has 0 atom stereocenters. The van der Waals surface area contributed by atoms with Crippen LogP contribution in [0.1, 0.15) is 38.6 Å². The number of hydrogen-bond donors (Lipinski definition) is 2. The summed E-state index contributed by atoms with van der Waals surface area (Å²) in [7, 11) is 0. The first-order valence-corrected chi connectivity index (χ1v) is 11.3. The van der Waals surface area contributed by atoms with E-state index in [0.29, 0.717) is 54.4 Å². The number of nitrogens with one attached hydrogen (secondary N) is 1. The molecule has 3 heterocycles. The molecule has 2 aromatic heterocycles. The minimum absolute atomic E-state index is 0.00563. The third-order valence-electron chi connectivity index (χ3n) is 5.09. The van der Waals surface area contributed by atoms with E-state index in [1.54, 1.807) is 0 Å². The number of carbonyl (C=O) groups excluding carboxylic acids is 1. The first kappa shape index (κ1) is 22.5. The van der Waals surface area contributed by atoms with Crippen LogP contribution in [0.15, 0.2) is 12.1 Å². The summed E-state index contributed by atoms with van der Waals surface area (Å²) in [5, 5.41) is 2.93. The predicted octanol–water partition coefficient (Wildman–Crippen LogP) is 3.02. The van der Waals surface area contributed by atoms with Gasteiger partial charge in [-0.1, -0.05) is 20.8 Å². The van der Waals surface area contributed by atoms with Crippen molar-refractivity contribution in [2.75, 3.05) is 19.1 Å². The van der Waals surface area contributed by atoms with Gasteiger partial charge >= 0.3 is 6.08 Å². The molecule has 9 nitrogen and oxygen atoms in total. The summed E-state index contributed by atoms with van der Waals surface area (Å²) in [6.07, 6.45) is 0.173. The monoisotopic (exact) mass is 554 g/mol. The number of imidazole rings is 1. The van der Waals surface area contributed by atoms with Gasteiger partial charge in [0.2, 0.25) is 12.7 Å². The fourth-order valence-corrected chi connectivity index (χ4v) is 4.01. The molecule has 0 saturated carbocycles. The van der Waals surface area contributed by atoms with Crippen LogP contribution >= 0.6 is 22.6 Å². The molecule has 0 saturated heterocycles. The van der Waals surface area contributed by atoms with E-state index in [1.165, 1.54) is 0 Å². The van der Waals surface area contributed by atoms with Crippen molar-refractivity contribution in [3.63, 3.8) is 0 Å². The highest BCUT2D eigenvalue weighted by atomic mass is 127. The molecule has 0 bridgehead atoms. The molecule has 1 aliphatic heterocycles. The van der Waals surface area contributed by atoms with Crippen LogP contribution in [0.2, 0.25) is 0 Å². The molecule has 1 aromatic carbocycles. The van der Waals surface area contributed by atoms with Crippen molar-refractivity contribution in [1.29, 1.82) is 0 Å². The molecule has 0 aliphatic carbocycles. The topological polar surface area (TPSA) is 117 Å². The lowest BCUT2D eigenvalue weighted by Gasteiger charge is -2.17. The van der Waals surface area contributed by atoms with Crippen molar-refractivity contribution in [3.8, 4) is 11.5 Å². The van der Waals surface area contributed by atoms with Crippen molar-refractivity contribution in [2.45, 2.75) is 40.2 Å². The molecule has 32 heavy (non-hydrogen) atoms. The lowest BCUT2D eigenvalue weighted by Crippen LogP contribution is -2.35. The van der Waals surface area contributed by atoms with E-state index in [9.17, 15) is 9.18 Å². The van der Waals surface area contributed by atoms with Gasteiger partial charge in [0.25, 0.3) is 0 Å². The van der Waals surface area contributed by atoms with E-state index in [0.717, 1.165) is 9.13 Å². The van der Waals surface area contributed by atoms with Gasteiger partial charge in [0.05, 0.1) is 0 Å². The molecule has 1 aliphatic rings. The first-order chi connectivity index (χ1) is 15.1. The lowest BCUT2D eigenvalue weighted by atomic mass is 9.96. The van der Waals surface area contributed by atoms with Crippen LogP contribution in [-0.2, 0) is 17.8 Å². The van der Waals surface area contributed by atoms with Gasteiger partial charge in [0, 0.05) is 28.5 Å². The Kier molecular flexibility index (Phi) is 6.10. The Bertz CT molecular complexity index is 1190. The van der Waals surface area contributed by atoms with E-state index < -0.39 is 11.5 Å². The van der Waals surface area contributed by atoms with Gasteiger partial charge in [0.15, 0.2) is 28.5 Å². The molecule has 3 aromatic rings. The van der Waals surface area contributed by atoms with Gasteiger partial charge in [-0.2, -0.15) is 14.4 Å². The van der Waals surface area contributed by atoms with Gasteiger partial charge < -0.3 is 25.1 Å². The highest BCUT2D eigenvalue weighted by Gasteiger charge is 2.22. The molecule has 1 amide bonds. The predicted molar refractivity (Wildman–Crippen MR) is 125 cm³/mol. The largest absolute Gasteiger partial charge is 0.454 e. The molecule has 0 radical (unpaired) electrons. The number of hydrogen-bond acceptors (Lipinski definition) is 7. The summed E-state index contributed by atoms with van der Waals surface area (Å²) >= 11 is 2.24. The number of nitrogen functional groups attached to an aromatic ring is 1. The zero-order valence-corrected chi connectivity index (χ0v) is 20.2. The average molecular weight is 554 g/mol. The smallest absolute Gasteiger partial charge is 0.312 e. The summed E-state index contributed by atoms with van der Waals surface area (Å²) in [6, 6.07) is 3.84. The second-order valence-electron chi connectivity index (χ2n) is 8.56. The summed E-state index contributed by atoms with van der Waals surface area (Å²) in [5.74, 6) is 2.02. The number of aromatic nitrogens is 4. The Hall–Kier alpha value is -2.70. The van der Waals surface area contributed by atoms with Crippen LogP contribution in [0.25, 0.3) is 11.2 Å². The van der Waals surface area contributed by atoms with Crippen LogP contribution in [0.5, 0.6) is 11.5 Å². The van der Waals surface area contributed by atoms with E-state index in [1.807, 2.05) is 37.5 Å². The molecule has 3 N–H and O–H groups in total. The number of carbonyl (C=O) groups is 1. The highest BCUT2D eigenvalue weighted by Crippen LogP contribution is 2.36. The SMILES string of the molecule is CC(C)(C)C(=O)NCCCn1c(Cc2cc3c(cc2I)OCO3)nc2c(N)nc(F)nc21. The maximum Gasteiger partial charge on any atom is 0.312 e. The minimum atomic E-state index is -0.901. The summed E-state index contributed by atoms with van der Waals surface area (Å²) in [4.78, 5) is 24.3. The molecule has 0 unspecified atom stereocenters. The van der Waals surface area contributed by atoms with Crippen molar-refractivity contribution in [3.05, 3.63) is 33.2 Å². The number of ether oxygens (including phenoxy) is 2. The summed E-state index contributed by atoms with van der Waals surface area (Å²) in [6.45, 7) is 6.73. The van der Waals surface area contributed by atoms with Crippen molar-refractivity contribution >= 4 is 45.5 Å². The molecular formula is C21H24FIN6O3. The van der Waals surface area contributed by atoms with Crippen LogP contribution in [-0.4, -0.2) is 38.8 Å². The van der Waals surface area contributed by atoms with Gasteiger partial charge in [-0.3, -0.25) is 4.79 Å². The highest BCUT2D eigenvalue weighted by molar-refractivity contribution is 14.1. The lowest BCUT2D eigenvalue weighted by molar-refractivity contribution is -0.128. The van der Waals surface area contributed by atoms with Crippen molar-refractivity contribution in [2.24, 2.45) is 5.41 Å². The maximum absolute atomic E-state index is 13.9. The second-order valence-corrected chi connectivity index (χ2v) is 9.73. The third-order valence-corrected chi connectivity index (χ3v) is 6.09. The van der Waals surface area contributed by atoms with E-state index in [4.69, 9.17) is 15.2 Å². The Morgan fingerprint density at radius 1 is 1.25 bits per heavy atom. The van der Waals surface area contributed by atoms with Gasteiger partial charge in [-0.15, -0.1) is 0 Å². The number of amides is 1. The molecule has 0 spiro atoms.